The third kappa shape index (κ3) is 4.20. The summed E-state index contributed by atoms with van der Waals surface area (Å²) in [7, 11) is 2.97. The highest BCUT2D eigenvalue weighted by atomic mass is 35.7. The molecule has 0 unspecified atom stereocenters. The molecule has 1 aromatic heterocycles. The molecule has 0 aliphatic rings. The highest BCUT2D eigenvalue weighted by Gasteiger charge is 2.21. The van der Waals surface area contributed by atoms with Crippen LogP contribution in [0.15, 0.2) is 5.16 Å². The van der Waals surface area contributed by atoms with Crippen molar-refractivity contribution in [2.24, 2.45) is 0 Å². The lowest BCUT2D eigenvalue weighted by molar-refractivity contribution is 0.0569. The van der Waals surface area contributed by atoms with Gasteiger partial charge in [-0.1, -0.05) is 6.92 Å². The van der Waals surface area contributed by atoms with Gasteiger partial charge in [0.2, 0.25) is 0 Å². The molecule has 18 heavy (non-hydrogen) atoms. The summed E-state index contributed by atoms with van der Waals surface area (Å²) >= 11 is 0. The van der Waals surface area contributed by atoms with Crippen LogP contribution in [-0.2, 0) is 31.7 Å². The molecule has 1 heterocycles. The van der Waals surface area contributed by atoms with Crippen LogP contribution in [0, 0.1) is 0 Å². The van der Waals surface area contributed by atoms with Crippen LogP contribution in [-0.4, -0.2) is 43.5 Å². The monoisotopic (exact) mass is 297 g/mol. The first-order chi connectivity index (χ1) is 8.50. The van der Waals surface area contributed by atoms with Gasteiger partial charge in [0, 0.05) is 24.3 Å². The average Bonchev–Trinajstić information content (AvgIpc) is 2.68. The number of halogens is 1. The van der Waals surface area contributed by atoms with E-state index in [0.717, 1.165) is 6.42 Å². The molecule has 0 bridgehead atoms. The zero-order valence-electron chi connectivity index (χ0n) is 10.3. The van der Waals surface area contributed by atoms with Crippen LogP contribution in [0.4, 0.5) is 0 Å². The highest BCUT2D eigenvalue weighted by molar-refractivity contribution is 8.13. The molecule has 0 aromatic carbocycles. The normalized spacial score (nSPS) is 11.9. The van der Waals surface area contributed by atoms with Crippen LogP contribution in [0.2, 0.25) is 0 Å². The molecule has 0 saturated carbocycles. The maximum absolute atomic E-state index is 11.3. The molecule has 0 aliphatic heterocycles. The summed E-state index contributed by atoms with van der Waals surface area (Å²) in [6.07, 6.45) is 0.739. The van der Waals surface area contributed by atoms with E-state index in [1.54, 1.807) is 7.11 Å². The smallest absolute Gasteiger partial charge is 0.296 e. The largest absolute Gasteiger partial charge is 0.382 e. The molecule has 0 N–H and O–H groups in total. The van der Waals surface area contributed by atoms with Crippen molar-refractivity contribution in [3.8, 4) is 0 Å². The first-order valence-corrected chi connectivity index (χ1v) is 7.75. The van der Waals surface area contributed by atoms with Crippen molar-refractivity contribution in [3.63, 3.8) is 0 Å². The van der Waals surface area contributed by atoms with E-state index in [1.807, 2.05) is 6.92 Å². The van der Waals surface area contributed by atoms with Crippen LogP contribution < -0.4 is 0 Å². The minimum atomic E-state index is -3.89. The van der Waals surface area contributed by atoms with Crippen LogP contribution in [0.5, 0.6) is 0 Å². The Hall–Kier alpha value is -0.700. The fraction of sp³-hybridized carbons (Fsp3) is 0.778. The lowest BCUT2D eigenvalue weighted by Gasteiger charge is -2.07. The van der Waals surface area contributed by atoms with Gasteiger partial charge in [0.15, 0.2) is 5.82 Å². The van der Waals surface area contributed by atoms with Crippen LogP contribution in [0.1, 0.15) is 19.2 Å². The Bertz CT molecular complexity index is 474. The minimum Gasteiger partial charge on any atom is -0.382 e. The second-order valence-corrected chi connectivity index (χ2v) is 5.99. The van der Waals surface area contributed by atoms with E-state index in [9.17, 15) is 8.42 Å². The molecule has 0 spiro atoms. The number of hydrogen-bond donors (Lipinski definition) is 0. The fourth-order valence-electron chi connectivity index (χ4n) is 1.36. The van der Waals surface area contributed by atoms with E-state index in [-0.39, 0.29) is 11.8 Å². The van der Waals surface area contributed by atoms with E-state index >= 15 is 0 Å². The van der Waals surface area contributed by atoms with Gasteiger partial charge >= 0.3 is 0 Å². The number of methoxy groups -OCH3 is 1. The summed E-state index contributed by atoms with van der Waals surface area (Å²) in [5.41, 5.74) is 0. The van der Waals surface area contributed by atoms with Gasteiger partial charge in [-0.3, -0.25) is 4.57 Å². The zero-order chi connectivity index (χ0) is 13.6. The summed E-state index contributed by atoms with van der Waals surface area (Å²) < 4.78 is 34.2. The molecule has 9 heteroatoms. The minimum absolute atomic E-state index is 0.169. The predicted molar refractivity (Wildman–Crippen MR) is 64.9 cm³/mol. The van der Waals surface area contributed by atoms with Gasteiger partial charge in [0.05, 0.1) is 13.2 Å². The highest BCUT2D eigenvalue weighted by Crippen LogP contribution is 2.15. The first kappa shape index (κ1) is 15.4. The maximum Gasteiger partial charge on any atom is 0.296 e. The number of hydrogen-bond acceptors (Lipinski definition) is 6. The molecular weight excluding hydrogens is 282 g/mol. The Kier molecular flexibility index (Phi) is 6.00. The molecule has 104 valence electrons. The van der Waals surface area contributed by atoms with Crippen molar-refractivity contribution in [1.82, 2.24) is 14.8 Å². The van der Waals surface area contributed by atoms with E-state index in [2.05, 4.69) is 10.2 Å². The zero-order valence-corrected chi connectivity index (χ0v) is 11.9. The second-order valence-electron chi connectivity index (χ2n) is 3.53. The molecule has 1 rings (SSSR count). The van der Waals surface area contributed by atoms with E-state index < -0.39 is 9.05 Å². The Morgan fingerprint density at radius 1 is 1.33 bits per heavy atom. The number of ether oxygens (including phenoxy) is 2. The quantitative estimate of drug-likeness (QED) is 0.521. The van der Waals surface area contributed by atoms with Crippen molar-refractivity contribution in [2.45, 2.75) is 31.7 Å². The summed E-state index contributed by atoms with van der Waals surface area (Å²) in [6, 6.07) is 0. The van der Waals surface area contributed by atoms with Gasteiger partial charge in [-0.2, -0.15) is 0 Å². The van der Waals surface area contributed by atoms with Gasteiger partial charge in [0.1, 0.15) is 6.61 Å². The van der Waals surface area contributed by atoms with Crippen molar-refractivity contribution in [2.75, 3.05) is 20.3 Å². The molecule has 7 nitrogen and oxygen atoms in total. The van der Waals surface area contributed by atoms with Crippen molar-refractivity contribution in [1.29, 1.82) is 0 Å². The van der Waals surface area contributed by atoms with E-state index in [1.165, 1.54) is 4.57 Å². The molecular formula is C9H16ClN3O4S. The number of aromatic nitrogens is 3. The van der Waals surface area contributed by atoms with Crippen molar-refractivity contribution >= 4 is 19.7 Å². The van der Waals surface area contributed by atoms with Crippen molar-refractivity contribution < 1.29 is 17.9 Å². The molecule has 0 amide bonds. The molecule has 0 atom stereocenters. The average molecular weight is 298 g/mol. The molecule has 0 aliphatic carbocycles. The maximum atomic E-state index is 11.3. The number of nitrogens with zero attached hydrogens (tertiary/aromatic N) is 3. The fourth-order valence-corrected chi connectivity index (χ4v) is 2.30. The molecule has 0 saturated heterocycles. The Morgan fingerprint density at radius 2 is 2.06 bits per heavy atom. The van der Waals surface area contributed by atoms with E-state index in [0.29, 0.717) is 25.6 Å². The lowest BCUT2D eigenvalue weighted by atomic mass is 10.4. The predicted octanol–water partition coefficient (Wildman–Crippen LogP) is 0.779. The van der Waals surface area contributed by atoms with Gasteiger partial charge in [-0.15, -0.1) is 10.2 Å². The lowest BCUT2D eigenvalue weighted by Crippen LogP contribution is -2.11. The second kappa shape index (κ2) is 7.03. The molecule has 0 fully saturated rings. The Balaban J connectivity index is 2.82. The van der Waals surface area contributed by atoms with Gasteiger partial charge in [-0.05, 0) is 6.42 Å². The summed E-state index contributed by atoms with van der Waals surface area (Å²) in [5, 5.41) is 7.13. The molecule has 1 aromatic rings. The summed E-state index contributed by atoms with van der Waals surface area (Å²) in [6.45, 7) is 3.42. The third-order valence-electron chi connectivity index (χ3n) is 2.12. The summed E-state index contributed by atoms with van der Waals surface area (Å²) in [5.74, 6) is 0.437. The standard InChI is InChI=1S/C9H16ClN3O4S/c1-3-4-13-8(7-17-6-5-16-2)11-12-9(13)18(10,14)15/h3-7H2,1-2H3. The third-order valence-corrected chi connectivity index (χ3v) is 3.27. The Labute approximate surface area is 110 Å². The van der Waals surface area contributed by atoms with Gasteiger partial charge < -0.3 is 9.47 Å². The van der Waals surface area contributed by atoms with Crippen LogP contribution in [0.25, 0.3) is 0 Å². The van der Waals surface area contributed by atoms with Crippen LogP contribution >= 0.6 is 10.7 Å². The summed E-state index contributed by atoms with van der Waals surface area (Å²) in [4.78, 5) is 0. The first-order valence-electron chi connectivity index (χ1n) is 5.44. The van der Waals surface area contributed by atoms with Gasteiger partial charge in [0.25, 0.3) is 14.2 Å². The SMILES string of the molecule is CCCn1c(COCCOC)nnc1S(=O)(=O)Cl. The van der Waals surface area contributed by atoms with Crippen molar-refractivity contribution in [3.05, 3.63) is 5.82 Å². The van der Waals surface area contributed by atoms with Gasteiger partial charge in [-0.25, -0.2) is 8.42 Å². The molecule has 0 radical (unpaired) electrons. The topological polar surface area (TPSA) is 83.3 Å². The Morgan fingerprint density at radius 3 is 2.61 bits per heavy atom. The number of rotatable bonds is 8. The van der Waals surface area contributed by atoms with E-state index in [4.69, 9.17) is 20.2 Å². The van der Waals surface area contributed by atoms with Crippen LogP contribution in [0.3, 0.4) is 0 Å².